The van der Waals surface area contributed by atoms with Crippen LogP contribution in [0.2, 0.25) is 0 Å². The summed E-state index contributed by atoms with van der Waals surface area (Å²) in [4.78, 5) is 17.5. The Morgan fingerprint density at radius 3 is 2.44 bits per heavy atom. The average molecular weight is 345 g/mol. The first-order chi connectivity index (χ1) is 12.3. The van der Waals surface area contributed by atoms with Gasteiger partial charge in [0.1, 0.15) is 0 Å². The van der Waals surface area contributed by atoms with Gasteiger partial charge in [0, 0.05) is 38.2 Å². The van der Waals surface area contributed by atoms with Crippen LogP contribution in [0.25, 0.3) is 0 Å². The topological polar surface area (TPSA) is 41.4 Å². The molecule has 5 heteroatoms. The lowest BCUT2D eigenvalue weighted by molar-refractivity contribution is 0.0717. The standard InChI is InChI=1S/C20H32N4O/c25-20-13-18-7-3-4-8-19(18)21-24(20)16-17-14-23(15-17)12-11-22-9-5-1-2-6-10-22/h13,17H,1-12,14-16H2. The minimum atomic E-state index is 0.101. The second-order valence-electron chi connectivity index (χ2n) is 8.23. The SMILES string of the molecule is O=c1cc2c(nn1CC1CN(CCN3CCCCCC3)C1)CCCC2. The molecule has 0 spiro atoms. The molecule has 4 rings (SSSR count). The number of rotatable bonds is 5. The zero-order valence-corrected chi connectivity index (χ0v) is 15.5. The molecule has 3 aliphatic rings. The monoisotopic (exact) mass is 344 g/mol. The third-order valence-corrected chi connectivity index (χ3v) is 6.17. The van der Waals surface area contributed by atoms with Crippen molar-refractivity contribution in [1.82, 2.24) is 19.6 Å². The molecule has 0 radical (unpaired) electrons. The van der Waals surface area contributed by atoms with E-state index in [-0.39, 0.29) is 5.56 Å². The van der Waals surface area contributed by atoms with Crippen LogP contribution in [-0.2, 0) is 19.4 Å². The minimum Gasteiger partial charge on any atom is -0.302 e. The van der Waals surface area contributed by atoms with Gasteiger partial charge in [0.2, 0.25) is 0 Å². The molecule has 0 unspecified atom stereocenters. The first-order valence-corrected chi connectivity index (χ1v) is 10.3. The zero-order chi connectivity index (χ0) is 17.1. The number of hydrogen-bond donors (Lipinski definition) is 0. The third-order valence-electron chi connectivity index (χ3n) is 6.17. The molecule has 0 atom stereocenters. The van der Waals surface area contributed by atoms with Crippen LogP contribution in [0.4, 0.5) is 0 Å². The van der Waals surface area contributed by atoms with Crippen molar-refractivity contribution in [2.75, 3.05) is 39.3 Å². The second-order valence-corrected chi connectivity index (χ2v) is 8.23. The van der Waals surface area contributed by atoms with Gasteiger partial charge in [-0.2, -0.15) is 5.10 Å². The number of aromatic nitrogens is 2. The summed E-state index contributed by atoms with van der Waals surface area (Å²) in [6.07, 6.45) is 10.0. The van der Waals surface area contributed by atoms with Gasteiger partial charge in [-0.15, -0.1) is 0 Å². The zero-order valence-electron chi connectivity index (χ0n) is 15.5. The summed E-state index contributed by atoms with van der Waals surface area (Å²) in [7, 11) is 0. The first kappa shape index (κ1) is 17.2. The second kappa shape index (κ2) is 8.00. The fourth-order valence-electron chi connectivity index (χ4n) is 4.59. The van der Waals surface area contributed by atoms with Crippen molar-refractivity contribution in [3.05, 3.63) is 27.7 Å². The fourth-order valence-corrected chi connectivity index (χ4v) is 4.59. The third kappa shape index (κ3) is 4.32. The predicted molar refractivity (Wildman–Crippen MR) is 100.0 cm³/mol. The Kier molecular flexibility index (Phi) is 5.51. The van der Waals surface area contributed by atoms with Crippen LogP contribution >= 0.6 is 0 Å². The minimum absolute atomic E-state index is 0.101. The molecule has 0 N–H and O–H groups in total. The van der Waals surface area contributed by atoms with E-state index < -0.39 is 0 Å². The Morgan fingerprint density at radius 2 is 1.64 bits per heavy atom. The molecule has 2 saturated heterocycles. The number of likely N-dealkylation sites (tertiary alicyclic amines) is 2. The van der Waals surface area contributed by atoms with E-state index in [0.29, 0.717) is 5.92 Å². The Labute approximate surface area is 151 Å². The molecule has 0 saturated carbocycles. The Morgan fingerprint density at radius 1 is 0.920 bits per heavy atom. The van der Waals surface area contributed by atoms with Crippen LogP contribution in [0.5, 0.6) is 0 Å². The van der Waals surface area contributed by atoms with E-state index in [2.05, 4.69) is 14.9 Å². The summed E-state index contributed by atoms with van der Waals surface area (Å²) in [5, 5.41) is 4.67. The lowest BCUT2D eigenvalue weighted by atomic mass is 9.96. The number of fused-ring (bicyclic) bond motifs is 1. The van der Waals surface area contributed by atoms with Crippen LogP contribution in [0.3, 0.4) is 0 Å². The van der Waals surface area contributed by atoms with Crippen molar-refractivity contribution in [1.29, 1.82) is 0 Å². The molecular formula is C20H32N4O. The van der Waals surface area contributed by atoms with Crippen LogP contribution in [-0.4, -0.2) is 58.8 Å². The molecule has 25 heavy (non-hydrogen) atoms. The molecule has 2 fully saturated rings. The molecule has 1 aliphatic carbocycles. The summed E-state index contributed by atoms with van der Waals surface area (Å²) in [6, 6.07) is 1.84. The van der Waals surface area contributed by atoms with Gasteiger partial charge in [0.05, 0.1) is 12.2 Å². The van der Waals surface area contributed by atoms with Crippen LogP contribution < -0.4 is 5.56 Å². The molecule has 1 aromatic rings. The van der Waals surface area contributed by atoms with E-state index in [1.54, 1.807) is 4.68 Å². The molecule has 3 heterocycles. The highest BCUT2D eigenvalue weighted by Crippen LogP contribution is 2.19. The molecule has 138 valence electrons. The van der Waals surface area contributed by atoms with Crippen molar-refractivity contribution in [2.45, 2.75) is 57.9 Å². The molecule has 0 bridgehead atoms. The maximum absolute atomic E-state index is 12.3. The van der Waals surface area contributed by atoms with Gasteiger partial charge < -0.3 is 9.80 Å². The molecule has 0 amide bonds. The summed E-state index contributed by atoms with van der Waals surface area (Å²) >= 11 is 0. The van der Waals surface area contributed by atoms with Crippen molar-refractivity contribution < 1.29 is 0 Å². The molecular weight excluding hydrogens is 312 g/mol. The fraction of sp³-hybridized carbons (Fsp3) is 0.800. The quantitative estimate of drug-likeness (QED) is 0.818. The van der Waals surface area contributed by atoms with Crippen LogP contribution in [0.1, 0.15) is 49.8 Å². The Hall–Kier alpha value is -1.20. The van der Waals surface area contributed by atoms with Gasteiger partial charge >= 0.3 is 0 Å². The molecule has 5 nitrogen and oxygen atoms in total. The average Bonchev–Trinajstić information content (AvgIpc) is 2.86. The Bertz CT molecular complexity index is 627. The summed E-state index contributed by atoms with van der Waals surface area (Å²) in [5.41, 5.74) is 2.46. The Balaban J connectivity index is 1.24. The summed E-state index contributed by atoms with van der Waals surface area (Å²) in [6.45, 7) is 8.01. The molecule has 0 aromatic carbocycles. The smallest absolute Gasteiger partial charge is 0.267 e. The van der Waals surface area contributed by atoms with Crippen molar-refractivity contribution in [3.8, 4) is 0 Å². The highest BCUT2D eigenvalue weighted by atomic mass is 16.1. The maximum atomic E-state index is 12.3. The van der Waals surface area contributed by atoms with E-state index in [1.165, 1.54) is 76.0 Å². The van der Waals surface area contributed by atoms with Crippen LogP contribution in [0.15, 0.2) is 10.9 Å². The first-order valence-electron chi connectivity index (χ1n) is 10.3. The van der Waals surface area contributed by atoms with E-state index in [1.807, 2.05) is 6.07 Å². The molecule has 2 aliphatic heterocycles. The van der Waals surface area contributed by atoms with Crippen molar-refractivity contribution in [3.63, 3.8) is 0 Å². The van der Waals surface area contributed by atoms with Gasteiger partial charge in [-0.25, -0.2) is 4.68 Å². The maximum Gasteiger partial charge on any atom is 0.267 e. The van der Waals surface area contributed by atoms with E-state index in [4.69, 9.17) is 0 Å². The molecule has 1 aromatic heterocycles. The number of nitrogens with zero attached hydrogens (tertiary/aromatic N) is 4. The lowest BCUT2D eigenvalue weighted by Gasteiger charge is -2.40. The van der Waals surface area contributed by atoms with Gasteiger partial charge in [-0.05, 0) is 57.2 Å². The summed E-state index contributed by atoms with van der Waals surface area (Å²) in [5.74, 6) is 0.593. The van der Waals surface area contributed by atoms with Gasteiger partial charge in [0.25, 0.3) is 5.56 Å². The van der Waals surface area contributed by atoms with Gasteiger partial charge in [-0.3, -0.25) is 4.79 Å². The normalized spacial score (nSPS) is 23.0. The van der Waals surface area contributed by atoms with Gasteiger partial charge in [-0.1, -0.05) is 12.8 Å². The predicted octanol–water partition coefficient (Wildman–Crippen LogP) is 1.93. The van der Waals surface area contributed by atoms with Crippen LogP contribution in [0, 0.1) is 5.92 Å². The summed E-state index contributed by atoms with van der Waals surface area (Å²) < 4.78 is 1.74. The van der Waals surface area contributed by atoms with Crippen molar-refractivity contribution in [2.24, 2.45) is 5.92 Å². The van der Waals surface area contributed by atoms with E-state index in [0.717, 1.165) is 32.5 Å². The van der Waals surface area contributed by atoms with E-state index >= 15 is 0 Å². The highest BCUT2D eigenvalue weighted by Gasteiger charge is 2.28. The lowest BCUT2D eigenvalue weighted by Crippen LogP contribution is -2.51. The van der Waals surface area contributed by atoms with Crippen molar-refractivity contribution >= 4 is 0 Å². The highest BCUT2D eigenvalue weighted by molar-refractivity contribution is 5.20. The van der Waals surface area contributed by atoms with E-state index in [9.17, 15) is 4.79 Å². The van der Waals surface area contributed by atoms with Gasteiger partial charge in [0.15, 0.2) is 0 Å². The number of aryl methyl sites for hydroxylation is 2. The largest absolute Gasteiger partial charge is 0.302 e. The number of hydrogen-bond acceptors (Lipinski definition) is 4.